The number of methoxy groups -OCH3 is 1. The fourth-order valence-corrected chi connectivity index (χ4v) is 4.04. The van der Waals surface area contributed by atoms with Gasteiger partial charge in [-0.2, -0.15) is 0 Å². The molecule has 32 heavy (non-hydrogen) atoms. The van der Waals surface area contributed by atoms with Crippen molar-refractivity contribution in [3.05, 3.63) is 65.2 Å². The third kappa shape index (κ3) is 6.19. The maximum atomic E-state index is 12.9. The fourth-order valence-electron chi connectivity index (χ4n) is 4.04. The Morgan fingerprint density at radius 2 is 1.72 bits per heavy atom. The maximum absolute atomic E-state index is 12.9. The van der Waals surface area contributed by atoms with Crippen LogP contribution < -0.4 is 10.1 Å². The zero-order valence-corrected chi connectivity index (χ0v) is 19.1. The minimum absolute atomic E-state index is 0.0635. The molecule has 0 atom stereocenters. The van der Waals surface area contributed by atoms with Gasteiger partial charge in [0, 0.05) is 30.1 Å². The van der Waals surface area contributed by atoms with Crippen LogP contribution in [-0.2, 0) is 11.2 Å². The number of benzene rings is 2. The van der Waals surface area contributed by atoms with Gasteiger partial charge in [-0.1, -0.05) is 44.2 Å². The van der Waals surface area contributed by atoms with Gasteiger partial charge in [-0.25, -0.2) is 0 Å². The zero-order valence-electron chi connectivity index (χ0n) is 19.1. The molecule has 0 unspecified atom stereocenters. The number of nitrogens with zero attached hydrogens (tertiary/aromatic N) is 1. The van der Waals surface area contributed by atoms with E-state index in [1.807, 2.05) is 24.3 Å². The topological polar surface area (TPSA) is 75.7 Å². The van der Waals surface area contributed by atoms with E-state index in [4.69, 9.17) is 4.74 Å². The molecular formula is C26H32N2O4. The monoisotopic (exact) mass is 436 g/mol. The predicted octanol–water partition coefficient (Wildman–Crippen LogP) is 3.75. The Bertz CT molecular complexity index is 945. The van der Waals surface area contributed by atoms with Crippen LogP contribution in [0.1, 0.15) is 53.0 Å². The first-order valence-corrected chi connectivity index (χ1v) is 11.2. The van der Waals surface area contributed by atoms with Crippen LogP contribution in [-0.4, -0.2) is 49.2 Å². The van der Waals surface area contributed by atoms with E-state index < -0.39 is 0 Å². The second-order valence-electron chi connectivity index (χ2n) is 8.73. The molecule has 0 spiro atoms. The van der Waals surface area contributed by atoms with Crippen LogP contribution in [0, 0.1) is 11.8 Å². The molecule has 2 amide bonds. The van der Waals surface area contributed by atoms with Crippen molar-refractivity contribution < 1.29 is 19.1 Å². The Morgan fingerprint density at radius 3 is 2.34 bits per heavy atom. The molecule has 0 bridgehead atoms. The van der Waals surface area contributed by atoms with Gasteiger partial charge in [-0.05, 0) is 48.9 Å². The van der Waals surface area contributed by atoms with Crippen molar-refractivity contribution in [2.75, 3.05) is 26.7 Å². The molecule has 3 rings (SSSR count). The Hall–Kier alpha value is -3.15. The van der Waals surface area contributed by atoms with Crippen molar-refractivity contribution in [2.45, 2.75) is 33.1 Å². The standard InChI is InChI=1S/C26H32N2O4/c1-18(2)15-19-7-9-20(10-8-19)25(30)21-11-13-28(14-12-21)24(29)17-27-26(31)22-5-4-6-23(16-22)32-3/h4-10,16,18,21H,11-15,17H2,1-3H3,(H,27,31). The summed E-state index contributed by atoms with van der Waals surface area (Å²) in [5, 5.41) is 2.67. The highest BCUT2D eigenvalue weighted by Crippen LogP contribution is 2.22. The average Bonchev–Trinajstić information content (AvgIpc) is 2.82. The lowest BCUT2D eigenvalue weighted by Gasteiger charge is -2.31. The van der Waals surface area contributed by atoms with E-state index in [1.54, 1.807) is 29.2 Å². The van der Waals surface area contributed by atoms with Gasteiger partial charge in [0.25, 0.3) is 5.91 Å². The van der Waals surface area contributed by atoms with E-state index in [1.165, 1.54) is 12.7 Å². The molecule has 170 valence electrons. The van der Waals surface area contributed by atoms with Gasteiger partial charge in [-0.3, -0.25) is 14.4 Å². The molecule has 1 aliphatic heterocycles. The number of ketones is 1. The first-order valence-electron chi connectivity index (χ1n) is 11.2. The summed E-state index contributed by atoms with van der Waals surface area (Å²) in [6.45, 7) is 5.34. The van der Waals surface area contributed by atoms with Crippen LogP contribution in [0.3, 0.4) is 0 Å². The molecule has 1 fully saturated rings. The molecule has 2 aromatic rings. The van der Waals surface area contributed by atoms with Crippen LogP contribution in [0.15, 0.2) is 48.5 Å². The number of rotatable bonds is 8. The third-order valence-electron chi connectivity index (χ3n) is 5.83. The number of carbonyl (C=O) groups is 3. The smallest absolute Gasteiger partial charge is 0.251 e. The quantitative estimate of drug-likeness (QED) is 0.640. The molecule has 6 heteroatoms. The largest absolute Gasteiger partial charge is 0.497 e. The minimum atomic E-state index is -0.316. The maximum Gasteiger partial charge on any atom is 0.251 e. The molecule has 6 nitrogen and oxygen atoms in total. The lowest BCUT2D eigenvalue weighted by atomic mass is 9.88. The number of piperidine rings is 1. The second-order valence-corrected chi connectivity index (χ2v) is 8.73. The summed E-state index contributed by atoms with van der Waals surface area (Å²) in [6, 6.07) is 14.7. The van der Waals surface area contributed by atoms with Crippen molar-refractivity contribution >= 4 is 17.6 Å². The summed E-state index contributed by atoms with van der Waals surface area (Å²) in [4.78, 5) is 39.4. The summed E-state index contributed by atoms with van der Waals surface area (Å²) in [5.41, 5.74) is 2.43. The number of likely N-dealkylation sites (tertiary alicyclic amines) is 1. The van der Waals surface area contributed by atoms with Gasteiger partial charge < -0.3 is 15.0 Å². The van der Waals surface area contributed by atoms with Crippen LogP contribution in [0.4, 0.5) is 0 Å². The summed E-state index contributed by atoms with van der Waals surface area (Å²) in [6.07, 6.45) is 2.29. The lowest BCUT2D eigenvalue weighted by Crippen LogP contribution is -2.45. The molecule has 1 aliphatic rings. The first kappa shape index (κ1) is 23.5. The SMILES string of the molecule is COc1cccc(C(=O)NCC(=O)N2CCC(C(=O)c3ccc(CC(C)C)cc3)CC2)c1. The van der Waals surface area contributed by atoms with E-state index in [-0.39, 0.29) is 30.1 Å². The van der Waals surface area contributed by atoms with Crippen molar-refractivity contribution in [2.24, 2.45) is 11.8 Å². The first-order chi connectivity index (χ1) is 15.4. The molecule has 1 N–H and O–H groups in total. The number of ether oxygens (including phenoxy) is 1. The number of hydrogen-bond acceptors (Lipinski definition) is 4. The third-order valence-corrected chi connectivity index (χ3v) is 5.83. The molecule has 1 saturated heterocycles. The molecule has 0 radical (unpaired) electrons. The summed E-state index contributed by atoms with van der Waals surface area (Å²) < 4.78 is 5.13. The number of amides is 2. The van der Waals surface area contributed by atoms with Gasteiger partial charge in [0.1, 0.15) is 5.75 Å². The van der Waals surface area contributed by atoms with Gasteiger partial charge in [0.05, 0.1) is 13.7 Å². The van der Waals surface area contributed by atoms with E-state index in [2.05, 4.69) is 19.2 Å². The Balaban J connectivity index is 1.46. The number of carbonyl (C=O) groups excluding carboxylic acids is 3. The van der Waals surface area contributed by atoms with Gasteiger partial charge in [-0.15, -0.1) is 0 Å². The number of Topliss-reactive ketones (excluding diaryl/α,β-unsaturated/α-hetero) is 1. The Morgan fingerprint density at radius 1 is 1.03 bits per heavy atom. The minimum Gasteiger partial charge on any atom is -0.497 e. The number of hydrogen-bond donors (Lipinski definition) is 1. The second kappa shape index (κ2) is 10.9. The van der Waals surface area contributed by atoms with E-state index >= 15 is 0 Å². The van der Waals surface area contributed by atoms with Gasteiger partial charge in [0.15, 0.2) is 5.78 Å². The van der Waals surface area contributed by atoms with Crippen LogP contribution in [0.2, 0.25) is 0 Å². The van der Waals surface area contributed by atoms with Crippen molar-refractivity contribution in [1.82, 2.24) is 10.2 Å². The normalized spacial score (nSPS) is 14.3. The molecule has 2 aromatic carbocycles. The van der Waals surface area contributed by atoms with Crippen molar-refractivity contribution in [3.63, 3.8) is 0 Å². The van der Waals surface area contributed by atoms with Gasteiger partial charge in [0.2, 0.25) is 5.91 Å². The van der Waals surface area contributed by atoms with Crippen molar-refractivity contribution in [3.8, 4) is 5.75 Å². The molecule has 1 heterocycles. The Kier molecular flexibility index (Phi) is 8.03. The van der Waals surface area contributed by atoms with Gasteiger partial charge >= 0.3 is 0 Å². The number of nitrogens with one attached hydrogen (secondary N) is 1. The van der Waals surface area contributed by atoms with Crippen molar-refractivity contribution in [1.29, 1.82) is 0 Å². The molecule has 0 aromatic heterocycles. The average molecular weight is 437 g/mol. The fraction of sp³-hybridized carbons (Fsp3) is 0.423. The highest BCUT2D eigenvalue weighted by Gasteiger charge is 2.28. The molecule has 0 saturated carbocycles. The van der Waals surface area contributed by atoms with E-state index in [0.717, 1.165) is 12.0 Å². The highest BCUT2D eigenvalue weighted by atomic mass is 16.5. The lowest BCUT2D eigenvalue weighted by molar-refractivity contribution is -0.131. The van der Waals surface area contributed by atoms with Crippen LogP contribution in [0.25, 0.3) is 0 Å². The van der Waals surface area contributed by atoms with Crippen LogP contribution >= 0.6 is 0 Å². The predicted molar refractivity (Wildman–Crippen MR) is 124 cm³/mol. The zero-order chi connectivity index (χ0) is 23.1. The highest BCUT2D eigenvalue weighted by molar-refractivity contribution is 5.98. The molecule has 0 aliphatic carbocycles. The summed E-state index contributed by atoms with van der Waals surface area (Å²) >= 11 is 0. The summed E-state index contributed by atoms with van der Waals surface area (Å²) in [5.74, 6) is 0.804. The molecular weight excluding hydrogens is 404 g/mol. The van der Waals surface area contributed by atoms with Crippen LogP contribution in [0.5, 0.6) is 5.75 Å². The summed E-state index contributed by atoms with van der Waals surface area (Å²) in [7, 11) is 1.54. The van der Waals surface area contributed by atoms with E-state index in [0.29, 0.717) is 43.2 Å². The Labute approximate surface area is 189 Å². The van der Waals surface area contributed by atoms with E-state index in [9.17, 15) is 14.4 Å².